The summed E-state index contributed by atoms with van der Waals surface area (Å²) < 4.78 is 0. The summed E-state index contributed by atoms with van der Waals surface area (Å²) in [5.41, 5.74) is 10.6. The summed E-state index contributed by atoms with van der Waals surface area (Å²) in [7, 11) is 0. The first-order valence-electron chi connectivity index (χ1n) is 9.30. The molecule has 0 rings (SSSR count). The van der Waals surface area contributed by atoms with Gasteiger partial charge in [-0.25, -0.2) is 4.79 Å². The first-order chi connectivity index (χ1) is 14.3. The number of nitrogens with two attached hydrogens (primary N) is 2. The van der Waals surface area contributed by atoms with Crippen molar-refractivity contribution >= 4 is 35.6 Å². The number of carbonyl (C=O) groups excluding carboxylic acids is 4. The zero-order valence-corrected chi connectivity index (χ0v) is 17.2. The Morgan fingerprint density at radius 3 is 1.74 bits per heavy atom. The standard InChI is InChI=1S/C17H29N5O9/c1-7(2)13(19)16(29)22-10(6-23)15(28)21-9(5-12(25)26)14(27)20-8(17(30)31)3-4-11(18)24/h7-10,13,23H,3-6,19H2,1-2H3,(H2,18,24)(H,20,27)(H,21,28)(H,22,29)(H,25,26)(H,30,31). The van der Waals surface area contributed by atoms with Gasteiger partial charge in [-0.1, -0.05) is 13.8 Å². The Labute approximate surface area is 177 Å². The topological polar surface area (TPSA) is 251 Å². The molecule has 0 aromatic rings. The maximum absolute atomic E-state index is 12.4. The van der Waals surface area contributed by atoms with Crippen LogP contribution in [-0.2, 0) is 28.8 Å². The van der Waals surface area contributed by atoms with E-state index in [2.05, 4.69) is 5.32 Å². The van der Waals surface area contributed by atoms with E-state index in [1.54, 1.807) is 13.8 Å². The normalized spacial score (nSPS) is 14.6. The molecule has 31 heavy (non-hydrogen) atoms. The van der Waals surface area contributed by atoms with Crippen molar-refractivity contribution in [3.8, 4) is 0 Å². The number of hydrogen-bond donors (Lipinski definition) is 8. The van der Waals surface area contributed by atoms with E-state index in [4.69, 9.17) is 21.7 Å². The number of hydrogen-bond acceptors (Lipinski definition) is 8. The van der Waals surface area contributed by atoms with E-state index in [1.165, 1.54) is 0 Å². The number of rotatable bonds is 14. The summed E-state index contributed by atoms with van der Waals surface area (Å²) >= 11 is 0. The third kappa shape index (κ3) is 10.4. The summed E-state index contributed by atoms with van der Waals surface area (Å²) in [5.74, 6) is -7.07. The molecular weight excluding hydrogens is 418 g/mol. The van der Waals surface area contributed by atoms with Gasteiger partial charge in [0.15, 0.2) is 0 Å². The summed E-state index contributed by atoms with van der Waals surface area (Å²) in [4.78, 5) is 69.9. The Hall–Kier alpha value is -3.26. The molecule has 0 bridgehead atoms. The van der Waals surface area contributed by atoms with Crippen LogP contribution in [0, 0.1) is 5.92 Å². The molecule has 14 heteroatoms. The lowest BCUT2D eigenvalue weighted by Gasteiger charge is -2.24. The van der Waals surface area contributed by atoms with Crippen molar-refractivity contribution in [2.75, 3.05) is 6.61 Å². The summed E-state index contributed by atoms with van der Waals surface area (Å²) in [5, 5.41) is 33.8. The number of amides is 4. The largest absolute Gasteiger partial charge is 0.481 e. The molecule has 176 valence electrons. The maximum atomic E-state index is 12.4. The van der Waals surface area contributed by atoms with Gasteiger partial charge in [0.25, 0.3) is 0 Å². The molecule has 0 aliphatic carbocycles. The van der Waals surface area contributed by atoms with Crippen molar-refractivity contribution in [1.29, 1.82) is 0 Å². The lowest BCUT2D eigenvalue weighted by Crippen LogP contribution is -2.58. The monoisotopic (exact) mass is 447 g/mol. The molecule has 4 amide bonds. The molecule has 0 aromatic heterocycles. The molecule has 0 aliphatic heterocycles. The second kappa shape index (κ2) is 13.1. The smallest absolute Gasteiger partial charge is 0.326 e. The van der Waals surface area contributed by atoms with Crippen molar-refractivity contribution < 1.29 is 44.1 Å². The Morgan fingerprint density at radius 2 is 1.32 bits per heavy atom. The van der Waals surface area contributed by atoms with Gasteiger partial charge in [0, 0.05) is 6.42 Å². The highest BCUT2D eigenvalue weighted by Crippen LogP contribution is 2.02. The second-order valence-electron chi connectivity index (χ2n) is 7.08. The van der Waals surface area contributed by atoms with Gasteiger partial charge in [0.2, 0.25) is 23.6 Å². The summed E-state index contributed by atoms with van der Waals surface area (Å²) in [6.45, 7) is 2.44. The predicted molar refractivity (Wildman–Crippen MR) is 104 cm³/mol. The summed E-state index contributed by atoms with van der Waals surface area (Å²) in [6, 6.07) is -5.82. The van der Waals surface area contributed by atoms with Gasteiger partial charge in [-0.3, -0.25) is 24.0 Å². The number of carbonyl (C=O) groups is 6. The fourth-order valence-corrected chi connectivity index (χ4v) is 2.24. The highest BCUT2D eigenvalue weighted by atomic mass is 16.4. The van der Waals surface area contributed by atoms with Crippen molar-refractivity contribution in [3.05, 3.63) is 0 Å². The van der Waals surface area contributed by atoms with Gasteiger partial charge in [-0.2, -0.15) is 0 Å². The van der Waals surface area contributed by atoms with Crippen molar-refractivity contribution in [2.45, 2.75) is 57.3 Å². The number of aliphatic carboxylic acids is 2. The van der Waals surface area contributed by atoms with Crippen LogP contribution in [0.4, 0.5) is 0 Å². The minimum atomic E-state index is -1.73. The Balaban J connectivity index is 5.31. The van der Waals surface area contributed by atoms with Gasteiger partial charge >= 0.3 is 11.9 Å². The van der Waals surface area contributed by atoms with E-state index >= 15 is 0 Å². The SMILES string of the molecule is CC(C)C(N)C(=O)NC(CO)C(=O)NC(CC(=O)O)C(=O)NC(CCC(N)=O)C(=O)O. The molecule has 0 spiro atoms. The van der Waals surface area contributed by atoms with Crippen LogP contribution in [0.1, 0.15) is 33.1 Å². The van der Waals surface area contributed by atoms with Gasteiger partial charge in [-0.05, 0) is 12.3 Å². The third-order valence-corrected chi connectivity index (χ3v) is 4.14. The first kappa shape index (κ1) is 27.7. The summed E-state index contributed by atoms with van der Waals surface area (Å²) in [6.07, 6.45) is -1.63. The first-order valence-corrected chi connectivity index (χ1v) is 9.30. The molecule has 0 radical (unpaired) electrons. The van der Waals surface area contributed by atoms with Crippen LogP contribution in [0.5, 0.6) is 0 Å². The number of carboxylic acids is 2. The highest BCUT2D eigenvalue weighted by Gasteiger charge is 2.31. The molecular formula is C17H29N5O9. The van der Waals surface area contributed by atoms with Gasteiger partial charge < -0.3 is 42.7 Å². The van der Waals surface area contributed by atoms with Crippen LogP contribution >= 0.6 is 0 Å². The molecule has 14 nitrogen and oxygen atoms in total. The average molecular weight is 447 g/mol. The number of carboxylic acid groups (broad SMARTS) is 2. The minimum Gasteiger partial charge on any atom is -0.481 e. The molecule has 4 unspecified atom stereocenters. The fourth-order valence-electron chi connectivity index (χ4n) is 2.24. The molecule has 0 aliphatic rings. The van der Waals surface area contributed by atoms with Gasteiger partial charge in [-0.15, -0.1) is 0 Å². The van der Waals surface area contributed by atoms with Crippen LogP contribution in [0.2, 0.25) is 0 Å². The van der Waals surface area contributed by atoms with Crippen LogP contribution < -0.4 is 27.4 Å². The van der Waals surface area contributed by atoms with Crippen LogP contribution in [-0.4, -0.2) is 81.7 Å². The minimum absolute atomic E-state index is 0.277. The van der Waals surface area contributed by atoms with E-state index in [0.29, 0.717) is 0 Å². The number of nitrogens with one attached hydrogen (secondary N) is 3. The van der Waals surface area contributed by atoms with E-state index in [1.807, 2.05) is 10.6 Å². The van der Waals surface area contributed by atoms with E-state index in [9.17, 15) is 33.9 Å². The van der Waals surface area contributed by atoms with Crippen molar-refractivity contribution in [3.63, 3.8) is 0 Å². The zero-order valence-electron chi connectivity index (χ0n) is 17.2. The number of aliphatic hydroxyl groups is 1. The van der Waals surface area contributed by atoms with Crippen molar-refractivity contribution in [1.82, 2.24) is 16.0 Å². The fraction of sp³-hybridized carbons (Fsp3) is 0.647. The molecule has 4 atom stereocenters. The zero-order chi connectivity index (χ0) is 24.3. The molecule has 10 N–H and O–H groups in total. The van der Waals surface area contributed by atoms with E-state index < -0.39 is 72.8 Å². The Morgan fingerprint density at radius 1 is 0.839 bits per heavy atom. The van der Waals surface area contributed by atoms with Crippen molar-refractivity contribution in [2.24, 2.45) is 17.4 Å². The third-order valence-electron chi connectivity index (χ3n) is 4.14. The van der Waals surface area contributed by atoms with Crippen LogP contribution in [0.3, 0.4) is 0 Å². The second-order valence-corrected chi connectivity index (χ2v) is 7.08. The Bertz CT molecular complexity index is 697. The molecule has 0 saturated heterocycles. The van der Waals surface area contributed by atoms with Crippen LogP contribution in [0.15, 0.2) is 0 Å². The molecule has 0 aromatic carbocycles. The lowest BCUT2D eigenvalue weighted by atomic mass is 10.0. The highest BCUT2D eigenvalue weighted by molar-refractivity contribution is 5.95. The van der Waals surface area contributed by atoms with Crippen LogP contribution in [0.25, 0.3) is 0 Å². The molecule has 0 fully saturated rings. The molecule has 0 heterocycles. The lowest BCUT2D eigenvalue weighted by molar-refractivity contribution is -0.144. The maximum Gasteiger partial charge on any atom is 0.326 e. The van der Waals surface area contributed by atoms with Gasteiger partial charge in [0.05, 0.1) is 19.1 Å². The Kier molecular flexibility index (Phi) is 11.7. The van der Waals surface area contributed by atoms with E-state index in [0.717, 1.165) is 0 Å². The predicted octanol–water partition coefficient (Wildman–Crippen LogP) is -3.76. The average Bonchev–Trinajstić information content (AvgIpc) is 2.66. The number of primary amides is 1. The number of aliphatic hydroxyl groups excluding tert-OH is 1. The van der Waals surface area contributed by atoms with Gasteiger partial charge in [0.1, 0.15) is 18.1 Å². The molecule has 0 saturated carbocycles. The van der Waals surface area contributed by atoms with E-state index in [-0.39, 0.29) is 18.8 Å². The quantitative estimate of drug-likeness (QED) is 0.129.